The average Bonchev–Trinajstić information content (AvgIpc) is 4.07. The molecule has 0 N–H and O–H groups in total. The Hall–Kier alpha value is -8.70. The van der Waals surface area contributed by atoms with Crippen LogP contribution < -0.4 is 14.4 Å². The summed E-state index contributed by atoms with van der Waals surface area (Å²) in [6.45, 7) is 0. The number of hydrogen-bond acceptors (Lipinski definition) is 4. The molecule has 0 radical (unpaired) electrons. The van der Waals surface area contributed by atoms with E-state index in [0.29, 0.717) is 23.0 Å². The van der Waals surface area contributed by atoms with Gasteiger partial charge in [0.1, 0.15) is 0 Å². The topological polar surface area (TPSA) is 21.7 Å². The maximum Gasteiger partial charge on any atom is 0.178 e. The molecule has 0 unspecified atom stereocenters. The number of ether oxygens (including phenoxy) is 2. The van der Waals surface area contributed by atoms with Gasteiger partial charge in [0.05, 0.1) is 11.1 Å². The van der Waals surface area contributed by atoms with Crippen molar-refractivity contribution in [3.8, 4) is 67.5 Å². The molecule has 0 saturated carbocycles. The van der Waals surface area contributed by atoms with Crippen molar-refractivity contribution in [2.75, 3.05) is 4.90 Å². The van der Waals surface area contributed by atoms with Gasteiger partial charge < -0.3 is 14.4 Å². The number of hydrogen-bond donors (Lipinski definition) is 0. The van der Waals surface area contributed by atoms with Crippen LogP contribution in [0.5, 0.6) is 23.0 Å². The van der Waals surface area contributed by atoms with Crippen LogP contribution in [-0.4, -0.2) is 0 Å². The van der Waals surface area contributed by atoms with Gasteiger partial charge in [-0.2, -0.15) is 0 Å². The minimum Gasteiger partial charge on any atom is -0.449 e. The van der Waals surface area contributed by atoms with Crippen LogP contribution >= 0.6 is 11.3 Å². The number of para-hydroxylation sites is 2. The molecule has 1 aromatic heterocycles. The highest BCUT2D eigenvalue weighted by molar-refractivity contribution is 7.26. The van der Waals surface area contributed by atoms with Crippen molar-refractivity contribution in [1.29, 1.82) is 0 Å². The van der Waals surface area contributed by atoms with E-state index in [9.17, 15) is 0 Å². The first-order valence-corrected chi connectivity index (χ1v) is 25.4. The number of rotatable bonds is 6. The molecular weight excluding hydrogens is 883 g/mol. The molecule has 1 aliphatic heterocycles. The maximum atomic E-state index is 7.20. The van der Waals surface area contributed by atoms with Crippen molar-refractivity contribution < 1.29 is 9.47 Å². The highest BCUT2D eigenvalue weighted by Crippen LogP contribution is 2.65. The Morgan fingerprint density at radius 1 is 0.408 bits per heavy atom. The lowest BCUT2D eigenvalue weighted by atomic mass is 9.70. The standard InChI is InChI=1S/C67H43NO2S/c1-2-17-42(18-3-1)44-19-14-20-46(39-44)68(45-37-35-43(36-38-45)47-26-15-28-54-52-25-8-13-34-64(52)71-66(47)54)60-32-12-7-24-51(60)53-27-16-33-61-65(53)70-62-40-55-50-23-6-11-31-58(50)67(59(55)41-63(62)69-61)56-29-9-4-21-48(56)49-22-5-10-30-57(49)67/h2,4-41H,1,3H2. The molecular formula is C67H43NO2S. The van der Waals surface area contributed by atoms with E-state index in [0.717, 1.165) is 46.6 Å². The summed E-state index contributed by atoms with van der Waals surface area (Å²) in [6, 6.07) is 79.6. The molecule has 0 atom stereocenters. The molecule has 4 aliphatic rings. The molecule has 0 bridgehead atoms. The Kier molecular flexibility index (Phi) is 8.87. The summed E-state index contributed by atoms with van der Waals surface area (Å²) < 4.78 is 16.9. The first-order valence-electron chi connectivity index (χ1n) is 24.5. The van der Waals surface area contributed by atoms with E-state index in [2.05, 4.69) is 235 Å². The molecule has 0 saturated heterocycles. The smallest absolute Gasteiger partial charge is 0.178 e. The molecule has 15 rings (SSSR count). The van der Waals surface area contributed by atoms with Crippen molar-refractivity contribution in [2.24, 2.45) is 0 Å². The van der Waals surface area contributed by atoms with E-state index in [1.54, 1.807) is 0 Å². The zero-order chi connectivity index (χ0) is 46.6. The molecule has 334 valence electrons. The molecule has 4 heteroatoms. The molecule has 71 heavy (non-hydrogen) atoms. The SMILES string of the molecule is C1=CC(c2cccc(N(c3ccc(-c4cccc5c4sc4ccccc45)cc3)c3ccccc3-c3cccc4c3Oc3cc5c(cc3O4)C3(c4ccccc4-c4ccccc43)c3ccccc3-5)c2)=CCC1. The largest absolute Gasteiger partial charge is 0.449 e. The van der Waals surface area contributed by atoms with Crippen molar-refractivity contribution in [2.45, 2.75) is 18.3 Å². The first-order chi connectivity index (χ1) is 35.2. The first kappa shape index (κ1) is 40.2. The van der Waals surface area contributed by atoms with Crippen LogP contribution in [0.3, 0.4) is 0 Å². The van der Waals surface area contributed by atoms with Crippen molar-refractivity contribution >= 4 is 54.1 Å². The van der Waals surface area contributed by atoms with Gasteiger partial charge in [0.2, 0.25) is 0 Å². The van der Waals surface area contributed by atoms with Gasteiger partial charge in [0, 0.05) is 42.7 Å². The second-order valence-corrected chi connectivity index (χ2v) is 20.0. The minimum atomic E-state index is -0.479. The van der Waals surface area contributed by atoms with Crippen LogP contribution in [0.15, 0.2) is 237 Å². The van der Waals surface area contributed by atoms with Gasteiger partial charge in [-0.05, 0) is 134 Å². The third-order valence-electron chi connectivity index (χ3n) is 15.2. The fraction of sp³-hybridized carbons (Fsp3) is 0.0448. The average molecular weight is 926 g/mol. The molecule has 0 amide bonds. The molecule has 1 spiro atoms. The summed E-state index contributed by atoms with van der Waals surface area (Å²) in [4.78, 5) is 2.40. The maximum absolute atomic E-state index is 7.20. The second kappa shape index (κ2) is 15.7. The lowest BCUT2D eigenvalue weighted by Crippen LogP contribution is -2.25. The number of fused-ring (bicyclic) bond motifs is 15. The van der Waals surface area contributed by atoms with Crippen LogP contribution in [0.1, 0.15) is 40.7 Å². The van der Waals surface area contributed by atoms with E-state index >= 15 is 0 Å². The summed E-state index contributed by atoms with van der Waals surface area (Å²) in [6.07, 6.45) is 9.00. The predicted octanol–water partition coefficient (Wildman–Crippen LogP) is 18.8. The third kappa shape index (κ3) is 5.95. The summed E-state index contributed by atoms with van der Waals surface area (Å²) in [5.41, 5.74) is 19.6. The fourth-order valence-electron chi connectivity index (χ4n) is 12.1. The van der Waals surface area contributed by atoms with Gasteiger partial charge >= 0.3 is 0 Å². The minimum absolute atomic E-state index is 0.479. The number of benzene rings is 10. The zero-order valence-electron chi connectivity index (χ0n) is 38.6. The zero-order valence-corrected chi connectivity index (χ0v) is 39.4. The molecule has 11 aromatic rings. The Morgan fingerprint density at radius 2 is 1.04 bits per heavy atom. The highest BCUT2D eigenvalue weighted by atomic mass is 32.1. The van der Waals surface area contributed by atoms with Gasteiger partial charge in [-0.15, -0.1) is 11.3 Å². The monoisotopic (exact) mass is 925 g/mol. The van der Waals surface area contributed by atoms with Gasteiger partial charge in [0.25, 0.3) is 0 Å². The number of allylic oxidation sites excluding steroid dienone is 4. The Balaban J connectivity index is 0.864. The normalized spacial score (nSPS) is 14.2. The molecule has 3 nitrogen and oxygen atoms in total. The Labute approximate surface area is 416 Å². The number of thiophene rings is 1. The number of nitrogens with zero attached hydrogens (tertiary/aromatic N) is 1. The Bertz CT molecular complexity index is 4030. The van der Waals surface area contributed by atoms with E-state index < -0.39 is 5.41 Å². The highest BCUT2D eigenvalue weighted by Gasteiger charge is 2.52. The van der Waals surface area contributed by atoms with Gasteiger partial charge in [0.15, 0.2) is 23.0 Å². The van der Waals surface area contributed by atoms with Crippen molar-refractivity contribution in [3.63, 3.8) is 0 Å². The number of anilines is 3. The van der Waals surface area contributed by atoms with Gasteiger partial charge in [-0.3, -0.25) is 0 Å². The quantitative estimate of drug-likeness (QED) is 0.166. The van der Waals surface area contributed by atoms with E-state index in [-0.39, 0.29) is 0 Å². The third-order valence-corrected chi connectivity index (χ3v) is 16.4. The van der Waals surface area contributed by atoms with E-state index in [4.69, 9.17) is 9.47 Å². The Morgan fingerprint density at radius 3 is 1.82 bits per heavy atom. The summed E-state index contributed by atoms with van der Waals surface area (Å²) in [5.74, 6) is 2.80. The predicted molar refractivity (Wildman–Crippen MR) is 294 cm³/mol. The van der Waals surface area contributed by atoms with Crippen LogP contribution in [0, 0.1) is 0 Å². The van der Waals surface area contributed by atoms with Crippen LogP contribution in [0.4, 0.5) is 17.1 Å². The van der Waals surface area contributed by atoms with Gasteiger partial charge in [-0.25, -0.2) is 0 Å². The van der Waals surface area contributed by atoms with E-state index in [1.165, 1.54) is 81.4 Å². The lowest BCUT2D eigenvalue weighted by molar-refractivity contribution is 0.360. The second-order valence-electron chi connectivity index (χ2n) is 18.9. The summed E-state index contributed by atoms with van der Waals surface area (Å²) in [7, 11) is 0. The van der Waals surface area contributed by atoms with Crippen molar-refractivity contribution in [1.82, 2.24) is 0 Å². The fourth-order valence-corrected chi connectivity index (χ4v) is 13.4. The van der Waals surface area contributed by atoms with Crippen LogP contribution in [0.25, 0.3) is 70.3 Å². The van der Waals surface area contributed by atoms with Crippen molar-refractivity contribution in [3.05, 3.63) is 264 Å². The molecule has 3 aliphatic carbocycles. The van der Waals surface area contributed by atoms with Crippen LogP contribution in [0.2, 0.25) is 0 Å². The lowest BCUT2D eigenvalue weighted by Gasteiger charge is -2.32. The summed E-state index contributed by atoms with van der Waals surface area (Å²) >= 11 is 1.87. The summed E-state index contributed by atoms with van der Waals surface area (Å²) in [5, 5.41) is 2.61. The van der Waals surface area contributed by atoms with E-state index in [1.807, 2.05) is 17.4 Å². The van der Waals surface area contributed by atoms with Gasteiger partial charge in [-0.1, -0.05) is 182 Å². The molecule has 10 aromatic carbocycles. The van der Waals surface area contributed by atoms with Crippen LogP contribution in [-0.2, 0) is 5.41 Å². The molecule has 0 fully saturated rings. The molecule has 2 heterocycles.